The van der Waals surface area contributed by atoms with Crippen LogP contribution in [0.5, 0.6) is 5.75 Å². The summed E-state index contributed by atoms with van der Waals surface area (Å²) in [5.74, 6) is -0.411. The van der Waals surface area contributed by atoms with E-state index in [1.807, 2.05) is 0 Å². The molecule has 0 saturated carbocycles. The van der Waals surface area contributed by atoms with Gasteiger partial charge in [0.05, 0.1) is 10.5 Å². The molecule has 0 atom stereocenters. The minimum absolute atomic E-state index is 0.0809. The molecule has 0 aliphatic rings. The first kappa shape index (κ1) is 14.6. The van der Waals surface area contributed by atoms with Crippen LogP contribution in [0.25, 0.3) is 0 Å². The molecule has 0 spiro atoms. The van der Waals surface area contributed by atoms with Gasteiger partial charge in [0.1, 0.15) is 23.9 Å². The fourth-order valence-electron chi connectivity index (χ4n) is 1.77. The number of nitro groups is 1. The van der Waals surface area contributed by atoms with Crippen molar-refractivity contribution in [2.24, 2.45) is 0 Å². The molecule has 0 bridgehead atoms. The monoisotopic (exact) mass is 290 g/mol. The van der Waals surface area contributed by atoms with Crippen molar-refractivity contribution in [2.75, 3.05) is 0 Å². The zero-order valence-electron chi connectivity index (χ0n) is 11.1. The maximum atomic E-state index is 13.2. The van der Waals surface area contributed by atoms with Gasteiger partial charge in [-0.1, -0.05) is 0 Å². The molecule has 6 nitrogen and oxygen atoms in total. The van der Waals surface area contributed by atoms with Crippen molar-refractivity contribution in [3.8, 4) is 5.75 Å². The van der Waals surface area contributed by atoms with Crippen LogP contribution in [0, 0.1) is 22.9 Å². The summed E-state index contributed by atoms with van der Waals surface area (Å²) in [6, 6.07) is 6.29. The number of benzene rings is 1. The fraction of sp³-hybridized carbons (Fsp3) is 0.143. The van der Waals surface area contributed by atoms with E-state index in [1.54, 1.807) is 13.0 Å². The normalized spacial score (nSPS) is 10.2. The van der Waals surface area contributed by atoms with Crippen LogP contribution < -0.4 is 4.74 Å². The molecular weight excluding hydrogens is 279 g/mol. The molecule has 0 saturated heterocycles. The number of nitrogens with zero attached hydrogens (tertiary/aromatic N) is 2. The molecule has 0 aliphatic heterocycles. The second-order valence-electron chi connectivity index (χ2n) is 4.27. The van der Waals surface area contributed by atoms with E-state index in [0.29, 0.717) is 12.0 Å². The number of rotatable bonds is 5. The molecule has 0 aliphatic carbocycles. The Bertz CT molecular complexity index is 703. The molecule has 2 rings (SSSR count). The number of pyridine rings is 1. The molecule has 0 radical (unpaired) electrons. The Balaban J connectivity index is 2.26. The first-order chi connectivity index (χ1) is 10.0. The summed E-state index contributed by atoms with van der Waals surface area (Å²) < 4.78 is 18.5. The lowest BCUT2D eigenvalue weighted by atomic mass is 10.2. The van der Waals surface area contributed by atoms with Crippen molar-refractivity contribution in [1.29, 1.82) is 0 Å². The Morgan fingerprint density at radius 1 is 1.38 bits per heavy atom. The van der Waals surface area contributed by atoms with E-state index < -0.39 is 10.7 Å². The summed E-state index contributed by atoms with van der Waals surface area (Å²) in [4.78, 5) is 25.1. The SMILES string of the molecule is Cc1ccc(OCc2cc(F)ccc2[N+](=O)[O-])c(C=O)n1. The number of hydrogen-bond donors (Lipinski definition) is 0. The topological polar surface area (TPSA) is 82.3 Å². The van der Waals surface area contributed by atoms with Crippen LogP contribution in [0.2, 0.25) is 0 Å². The van der Waals surface area contributed by atoms with Gasteiger partial charge >= 0.3 is 0 Å². The van der Waals surface area contributed by atoms with E-state index in [-0.39, 0.29) is 29.3 Å². The molecule has 21 heavy (non-hydrogen) atoms. The molecular formula is C14H11FN2O4. The Morgan fingerprint density at radius 3 is 2.81 bits per heavy atom. The predicted octanol–water partition coefficient (Wildman–Crippen LogP) is 2.83. The smallest absolute Gasteiger partial charge is 0.276 e. The highest BCUT2D eigenvalue weighted by Crippen LogP contribution is 2.23. The number of carbonyl (C=O) groups excluding carboxylic acids is 1. The average molecular weight is 290 g/mol. The highest BCUT2D eigenvalue weighted by atomic mass is 19.1. The van der Waals surface area contributed by atoms with Crippen molar-refractivity contribution in [3.63, 3.8) is 0 Å². The van der Waals surface area contributed by atoms with Gasteiger partial charge in [0, 0.05) is 11.8 Å². The Hall–Kier alpha value is -2.83. The van der Waals surface area contributed by atoms with Crippen LogP contribution in [0.3, 0.4) is 0 Å². The van der Waals surface area contributed by atoms with E-state index in [4.69, 9.17) is 4.74 Å². The lowest BCUT2D eigenvalue weighted by Gasteiger charge is -2.09. The third-order valence-electron chi connectivity index (χ3n) is 2.76. The molecule has 1 heterocycles. The number of halogens is 1. The second-order valence-corrected chi connectivity index (χ2v) is 4.27. The van der Waals surface area contributed by atoms with Crippen molar-refractivity contribution in [1.82, 2.24) is 4.98 Å². The summed E-state index contributed by atoms with van der Waals surface area (Å²) in [5.41, 5.74) is 0.566. The zero-order valence-corrected chi connectivity index (χ0v) is 11.1. The summed E-state index contributed by atoms with van der Waals surface area (Å²) in [5, 5.41) is 10.9. The first-order valence-electron chi connectivity index (χ1n) is 5.99. The average Bonchev–Trinajstić information content (AvgIpc) is 2.45. The minimum atomic E-state index is -0.619. The second kappa shape index (κ2) is 6.08. The highest BCUT2D eigenvalue weighted by Gasteiger charge is 2.15. The van der Waals surface area contributed by atoms with E-state index in [0.717, 1.165) is 18.2 Å². The zero-order chi connectivity index (χ0) is 15.4. The summed E-state index contributed by atoms with van der Waals surface area (Å²) in [7, 11) is 0. The number of ether oxygens (including phenoxy) is 1. The largest absolute Gasteiger partial charge is 0.486 e. The van der Waals surface area contributed by atoms with Gasteiger partial charge in [-0.15, -0.1) is 0 Å². The minimum Gasteiger partial charge on any atom is -0.486 e. The maximum absolute atomic E-state index is 13.2. The van der Waals surface area contributed by atoms with Gasteiger partial charge in [-0.3, -0.25) is 14.9 Å². The molecule has 0 unspecified atom stereocenters. The van der Waals surface area contributed by atoms with Gasteiger partial charge in [0.25, 0.3) is 5.69 Å². The molecule has 2 aromatic rings. The Morgan fingerprint density at radius 2 is 2.14 bits per heavy atom. The lowest BCUT2D eigenvalue weighted by Crippen LogP contribution is -2.04. The number of aryl methyl sites for hydroxylation is 1. The van der Waals surface area contributed by atoms with Crippen molar-refractivity contribution >= 4 is 12.0 Å². The quantitative estimate of drug-likeness (QED) is 0.480. The predicted molar refractivity (Wildman–Crippen MR) is 71.7 cm³/mol. The van der Waals surface area contributed by atoms with Crippen LogP contribution in [0.1, 0.15) is 21.7 Å². The summed E-state index contributed by atoms with van der Waals surface area (Å²) in [6.45, 7) is 1.48. The van der Waals surface area contributed by atoms with E-state index in [1.165, 1.54) is 6.07 Å². The summed E-state index contributed by atoms with van der Waals surface area (Å²) >= 11 is 0. The molecule has 1 aromatic heterocycles. The van der Waals surface area contributed by atoms with E-state index >= 15 is 0 Å². The lowest BCUT2D eigenvalue weighted by molar-refractivity contribution is -0.385. The number of nitro benzene ring substituents is 1. The number of aldehydes is 1. The van der Waals surface area contributed by atoms with E-state index in [9.17, 15) is 19.3 Å². The fourth-order valence-corrected chi connectivity index (χ4v) is 1.77. The van der Waals surface area contributed by atoms with Crippen LogP contribution in [0.15, 0.2) is 30.3 Å². The third-order valence-corrected chi connectivity index (χ3v) is 2.76. The van der Waals surface area contributed by atoms with Crippen LogP contribution in [0.4, 0.5) is 10.1 Å². The molecule has 0 fully saturated rings. The molecule has 1 aromatic carbocycles. The Labute approximate surface area is 119 Å². The van der Waals surface area contributed by atoms with Crippen LogP contribution in [-0.2, 0) is 6.61 Å². The highest BCUT2D eigenvalue weighted by molar-refractivity contribution is 5.76. The Kier molecular flexibility index (Phi) is 4.22. The first-order valence-corrected chi connectivity index (χ1v) is 5.99. The van der Waals surface area contributed by atoms with Crippen LogP contribution >= 0.6 is 0 Å². The van der Waals surface area contributed by atoms with Crippen LogP contribution in [-0.4, -0.2) is 16.2 Å². The van der Waals surface area contributed by atoms with Gasteiger partial charge in [0.15, 0.2) is 6.29 Å². The van der Waals surface area contributed by atoms with Gasteiger partial charge < -0.3 is 4.74 Å². The third kappa shape index (κ3) is 3.38. The van der Waals surface area contributed by atoms with Crippen molar-refractivity contribution in [2.45, 2.75) is 13.5 Å². The standard InChI is InChI=1S/C14H11FN2O4/c1-9-2-5-14(12(7-18)16-9)21-8-10-6-11(15)3-4-13(10)17(19)20/h2-7H,8H2,1H3. The molecule has 0 N–H and O–H groups in total. The number of aromatic nitrogens is 1. The number of carbonyl (C=O) groups is 1. The van der Waals surface area contributed by atoms with Gasteiger partial charge in [-0.2, -0.15) is 0 Å². The maximum Gasteiger partial charge on any atom is 0.276 e. The van der Waals surface area contributed by atoms with E-state index in [2.05, 4.69) is 4.98 Å². The van der Waals surface area contributed by atoms with Gasteiger partial charge in [-0.05, 0) is 31.2 Å². The van der Waals surface area contributed by atoms with Gasteiger partial charge in [-0.25, -0.2) is 9.37 Å². The van der Waals surface area contributed by atoms with Crippen molar-refractivity contribution in [3.05, 3.63) is 63.2 Å². The van der Waals surface area contributed by atoms with Gasteiger partial charge in [0.2, 0.25) is 0 Å². The molecule has 0 amide bonds. The molecule has 108 valence electrons. The molecule has 7 heteroatoms. The van der Waals surface area contributed by atoms with Crippen molar-refractivity contribution < 1.29 is 18.8 Å². The number of hydrogen-bond acceptors (Lipinski definition) is 5. The summed E-state index contributed by atoms with van der Waals surface area (Å²) in [6.07, 6.45) is 0.530.